The SMILES string of the molecule is O=C1CCCN1CCC1CCCCN1C(=O)CCCn1ccnc1. The summed E-state index contributed by atoms with van der Waals surface area (Å²) in [6.45, 7) is 3.42. The molecule has 6 nitrogen and oxygen atoms in total. The molecule has 0 bridgehead atoms. The van der Waals surface area contributed by atoms with Crippen molar-refractivity contribution in [3.8, 4) is 0 Å². The zero-order valence-electron chi connectivity index (χ0n) is 14.4. The maximum atomic E-state index is 12.6. The summed E-state index contributed by atoms with van der Waals surface area (Å²) in [6.07, 6.45) is 12.9. The Bertz CT molecular complexity index is 543. The molecule has 2 fully saturated rings. The molecular formula is C18H28N4O2. The topological polar surface area (TPSA) is 58.4 Å². The fraction of sp³-hybridized carbons (Fsp3) is 0.722. The lowest BCUT2D eigenvalue weighted by molar-refractivity contribution is -0.135. The molecule has 0 saturated carbocycles. The quantitative estimate of drug-likeness (QED) is 0.768. The van der Waals surface area contributed by atoms with E-state index in [9.17, 15) is 9.59 Å². The third kappa shape index (κ3) is 4.36. The Morgan fingerprint density at radius 2 is 2.12 bits per heavy atom. The van der Waals surface area contributed by atoms with Crippen LogP contribution < -0.4 is 0 Å². The zero-order chi connectivity index (χ0) is 16.8. The van der Waals surface area contributed by atoms with Crippen molar-refractivity contribution in [3.05, 3.63) is 18.7 Å². The summed E-state index contributed by atoms with van der Waals surface area (Å²) < 4.78 is 2.01. The van der Waals surface area contributed by atoms with E-state index >= 15 is 0 Å². The van der Waals surface area contributed by atoms with Crippen LogP contribution in [0.2, 0.25) is 0 Å². The Balaban J connectivity index is 1.45. The summed E-state index contributed by atoms with van der Waals surface area (Å²) in [5, 5.41) is 0. The van der Waals surface area contributed by atoms with E-state index in [1.165, 1.54) is 6.42 Å². The van der Waals surface area contributed by atoms with Gasteiger partial charge in [0.15, 0.2) is 0 Å². The number of rotatable bonds is 7. The molecule has 3 heterocycles. The van der Waals surface area contributed by atoms with Gasteiger partial charge in [-0.05, 0) is 38.5 Å². The van der Waals surface area contributed by atoms with E-state index in [0.717, 1.165) is 58.3 Å². The molecule has 0 N–H and O–H groups in total. The number of imidazole rings is 1. The van der Waals surface area contributed by atoms with Crippen molar-refractivity contribution in [1.29, 1.82) is 0 Å². The molecule has 24 heavy (non-hydrogen) atoms. The van der Waals surface area contributed by atoms with E-state index in [1.807, 2.05) is 15.7 Å². The molecule has 2 aliphatic heterocycles. The molecule has 0 aliphatic carbocycles. The van der Waals surface area contributed by atoms with Gasteiger partial charge in [-0.2, -0.15) is 0 Å². The molecule has 1 atom stereocenters. The number of amides is 2. The first-order valence-corrected chi connectivity index (χ1v) is 9.27. The molecule has 1 aromatic rings. The van der Waals surface area contributed by atoms with Crippen molar-refractivity contribution in [3.63, 3.8) is 0 Å². The van der Waals surface area contributed by atoms with Crippen LogP contribution in [0.25, 0.3) is 0 Å². The minimum atomic E-state index is 0.271. The number of hydrogen-bond donors (Lipinski definition) is 0. The number of piperidine rings is 1. The highest BCUT2D eigenvalue weighted by atomic mass is 16.2. The lowest BCUT2D eigenvalue weighted by atomic mass is 9.98. The van der Waals surface area contributed by atoms with Crippen molar-refractivity contribution in [2.45, 2.75) is 64.0 Å². The first-order chi connectivity index (χ1) is 11.7. The van der Waals surface area contributed by atoms with Crippen molar-refractivity contribution < 1.29 is 9.59 Å². The van der Waals surface area contributed by atoms with E-state index in [1.54, 1.807) is 12.5 Å². The minimum absolute atomic E-state index is 0.271. The highest BCUT2D eigenvalue weighted by molar-refractivity contribution is 5.78. The predicted molar refractivity (Wildman–Crippen MR) is 91.2 cm³/mol. The van der Waals surface area contributed by atoms with Crippen LogP contribution in [0.5, 0.6) is 0 Å². The Labute approximate surface area is 143 Å². The van der Waals surface area contributed by atoms with E-state index in [4.69, 9.17) is 0 Å². The summed E-state index contributed by atoms with van der Waals surface area (Å²) >= 11 is 0. The number of carbonyl (C=O) groups excluding carboxylic acids is 2. The standard InChI is InChI=1S/C18H28N4O2/c23-17-6-4-11-21(17)13-8-16-5-1-2-12-22(16)18(24)7-3-10-20-14-9-19-15-20/h9,14-16H,1-8,10-13H2. The average molecular weight is 332 g/mol. The summed E-state index contributed by atoms with van der Waals surface area (Å²) in [7, 11) is 0. The molecule has 1 unspecified atom stereocenters. The van der Waals surface area contributed by atoms with E-state index < -0.39 is 0 Å². The van der Waals surface area contributed by atoms with Gasteiger partial charge >= 0.3 is 0 Å². The van der Waals surface area contributed by atoms with Crippen LogP contribution in [0.3, 0.4) is 0 Å². The van der Waals surface area contributed by atoms with Gasteiger partial charge in [0, 0.05) is 57.5 Å². The van der Waals surface area contributed by atoms with Gasteiger partial charge in [-0.15, -0.1) is 0 Å². The molecule has 0 aromatic carbocycles. The number of aromatic nitrogens is 2. The van der Waals surface area contributed by atoms with Crippen molar-refractivity contribution in [2.24, 2.45) is 0 Å². The zero-order valence-corrected chi connectivity index (χ0v) is 14.4. The van der Waals surface area contributed by atoms with Crippen LogP contribution >= 0.6 is 0 Å². The van der Waals surface area contributed by atoms with Gasteiger partial charge in [0.1, 0.15) is 0 Å². The van der Waals surface area contributed by atoms with Gasteiger partial charge in [0.25, 0.3) is 0 Å². The smallest absolute Gasteiger partial charge is 0.222 e. The molecule has 0 spiro atoms. The van der Waals surface area contributed by atoms with Gasteiger partial charge in [-0.1, -0.05) is 0 Å². The van der Waals surface area contributed by atoms with Crippen molar-refractivity contribution >= 4 is 11.8 Å². The van der Waals surface area contributed by atoms with Crippen molar-refractivity contribution in [2.75, 3.05) is 19.6 Å². The van der Waals surface area contributed by atoms with Gasteiger partial charge in [-0.25, -0.2) is 4.98 Å². The van der Waals surface area contributed by atoms with Crippen LogP contribution in [-0.4, -0.2) is 56.8 Å². The van der Waals surface area contributed by atoms with Gasteiger partial charge in [-0.3, -0.25) is 9.59 Å². The van der Waals surface area contributed by atoms with Gasteiger partial charge in [0.05, 0.1) is 6.33 Å². The lowest BCUT2D eigenvalue weighted by Crippen LogP contribution is -2.45. The Morgan fingerprint density at radius 3 is 2.88 bits per heavy atom. The predicted octanol–water partition coefficient (Wildman–Crippen LogP) is 2.06. The lowest BCUT2D eigenvalue weighted by Gasteiger charge is -2.37. The summed E-state index contributed by atoms with van der Waals surface area (Å²) in [4.78, 5) is 32.4. The highest BCUT2D eigenvalue weighted by Crippen LogP contribution is 2.22. The summed E-state index contributed by atoms with van der Waals surface area (Å²) in [5.74, 6) is 0.552. The monoisotopic (exact) mass is 332 g/mol. The minimum Gasteiger partial charge on any atom is -0.343 e. The largest absolute Gasteiger partial charge is 0.343 e. The molecule has 132 valence electrons. The fourth-order valence-electron chi connectivity index (χ4n) is 3.85. The van der Waals surface area contributed by atoms with E-state index in [2.05, 4.69) is 9.88 Å². The molecule has 2 aliphatic rings. The molecule has 2 saturated heterocycles. The first-order valence-electron chi connectivity index (χ1n) is 9.27. The normalized spacial score (nSPS) is 21.5. The van der Waals surface area contributed by atoms with Crippen LogP contribution in [0.1, 0.15) is 51.4 Å². The van der Waals surface area contributed by atoms with Crippen molar-refractivity contribution in [1.82, 2.24) is 19.4 Å². The second-order valence-corrected chi connectivity index (χ2v) is 6.91. The molecule has 3 rings (SSSR count). The van der Waals surface area contributed by atoms with E-state index in [-0.39, 0.29) is 11.8 Å². The van der Waals surface area contributed by atoms with E-state index in [0.29, 0.717) is 18.9 Å². The van der Waals surface area contributed by atoms with Crippen LogP contribution in [-0.2, 0) is 16.1 Å². The summed E-state index contributed by atoms with van der Waals surface area (Å²) in [6, 6.07) is 0.313. The Morgan fingerprint density at radius 1 is 1.21 bits per heavy atom. The number of aryl methyl sites for hydroxylation is 1. The number of hydrogen-bond acceptors (Lipinski definition) is 3. The molecule has 0 radical (unpaired) electrons. The second kappa shape index (κ2) is 8.31. The third-order valence-corrected chi connectivity index (χ3v) is 5.22. The van der Waals surface area contributed by atoms with Crippen LogP contribution in [0.4, 0.5) is 0 Å². The maximum absolute atomic E-state index is 12.6. The number of nitrogens with zero attached hydrogens (tertiary/aromatic N) is 4. The number of likely N-dealkylation sites (tertiary alicyclic amines) is 2. The highest BCUT2D eigenvalue weighted by Gasteiger charge is 2.28. The number of carbonyl (C=O) groups is 2. The maximum Gasteiger partial charge on any atom is 0.222 e. The second-order valence-electron chi connectivity index (χ2n) is 6.91. The average Bonchev–Trinajstić information content (AvgIpc) is 3.25. The first kappa shape index (κ1) is 17.0. The Hall–Kier alpha value is -1.85. The Kier molecular flexibility index (Phi) is 5.88. The molecule has 2 amide bonds. The molecule has 6 heteroatoms. The third-order valence-electron chi connectivity index (χ3n) is 5.22. The van der Waals surface area contributed by atoms with Gasteiger partial charge < -0.3 is 14.4 Å². The molecular weight excluding hydrogens is 304 g/mol. The van der Waals surface area contributed by atoms with Crippen LogP contribution in [0.15, 0.2) is 18.7 Å². The molecule has 1 aromatic heterocycles. The van der Waals surface area contributed by atoms with Crippen LogP contribution in [0, 0.1) is 0 Å². The van der Waals surface area contributed by atoms with Gasteiger partial charge in [0.2, 0.25) is 11.8 Å². The summed E-state index contributed by atoms with van der Waals surface area (Å²) in [5.41, 5.74) is 0. The fourth-order valence-corrected chi connectivity index (χ4v) is 3.85.